The van der Waals surface area contributed by atoms with E-state index < -0.39 is 0 Å². The van der Waals surface area contributed by atoms with E-state index in [2.05, 4.69) is 0 Å². The minimum atomic E-state index is 0.495. The average Bonchev–Trinajstić information content (AvgIpc) is 2.58. The zero-order valence-corrected chi connectivity index (χ0v) is 10.2. The molecule has 3 rings (SSSR count). The zero-order valence-electron chi connectivity index (χ0n) is 7.93. The maximum atomic E-state index is 6.14. The largest absolute Gasteiger partial charge is 0.454 e. The van der Waals surface area contributed by atoms with Gasteiger partial charge in [-0.2, -0.15) is 0 Å². The van der Waals surface area contributed by atoms with Crippen molar-refractivity contribution in [3.8, 4) is 0 Å². The van der Waals surface area contributed by atoms with E-state index >= 15 is 0 Å². The SMILES string of the molecule is Clc1cc(Cl)c2oc3cccc(Cl)c3c2c1. The summed E-state index contributed by atoms with van der Waals surface area (Å²) >= 11 is 18.2. The van der Waals surface area contributed by atoms with Gasteiger partial charge in [0, 0.05) is 15.8 Å². The molecule has 0 amide bonds. The lowest BCUT2D eigenvalue weighted by Gasteiger charge is -1.95. The molecule has 0 atom stereocenters. The minimum Gasteiger partial charge on any atom is -0.454 e. The van der Waals surface area contributed by atoms with Crippen LogP contribution in [0.5, 0.6) is 0 Å². The van der Waals surface area contributed by atoms with Gasteiger partial charge in [0.1, 0.15) is 5.58 Å². The smallest absolute Gasteiger partial charge is 0.154 e. The second-order valence-corrected chi connectivity index (χ2v) is 4.73. The molecule has 0 unspecified atom stereocenters. The predicted molar refractivity (Wildman–Crippen MR) is 68.8 cm³/mol. The van der Waals surface area contributed by atoms with Gasteiger partial charge in [-0.05, 0) is 24.3 Å². The van der Waals surface area contributed by atoms with Gasteiger partial charge in [-0.3, -0.25) is 0 Å². The molecule has 2 aromatic carbocycles. The Morgan fingerprint density at radius 3 is 2.56 bits per heavy atom. The average molecular weight is 272 g/mol. The third-order valence-corrected chi connectivity index (χ3v) is 3.28. The Morgan fingerprint density at radius 2 is 1.75 bits per heavy atom. The van der Waals surface area contributed by atoms with Crippen LogP contribution in [0, 0.1) is 0 Å². The number of halogens is 3. The first-order valence-electron chi connectivity index (χ1n) is 4.62. The number of fused-ring (bicyclic) bond motifs is 3. The molecular formula is C12H5Cl3O. The first-order valence-corrected chi connectivity index (χ1v) is 5.76. The molecule has 3 aromatic rings. The van der Waals surface area contributed by atoms with Crippen molar-refractivity contribution in [2.24, 2.45) is 0 Å². The van der Waals surface area contributed by atoms with Crippen molar-refractivity contribution in [2.45, 2.75) is 0 Å². The van der Waals surface area contributed by atoms with Gasteiger partial charge in [0.05, 0.1) is 10.0 Å². The highest BCUT2D eigenvalue weighted by Crippen LogP contribution is 2.38. The predicted octanol–water partition coefficient (Wildman–Crippen LogP) is 5.55. The van der Waals surface area contributed by atoms with Crippen molar-refractivity contribution < 1.29 is 4.42 Å². The Hall–Kier alpha value is -0.890. The Morgan fingerprint density at radius 1 is 0.938 bits per heavy atom. The summed E-state index contributed by atoms with van der Waals surface area (Å²) in [7, 11) is 0. The van der Waals surface area contributed by atoms with Crippen LogP contribution in [0.15, 0.2) is 34.7 Å². The fraction of sp³-hybridized carbons (Fsp3) is 0. The lowest BCUT2D eigenvalue weighted by atomic mass is 10.1. The van der Waals surface area contributed by atoms with Crippen LogP contribution in [-0.4, -0.2) is 0 Å². The first kappa shape index (κ1) is 10.3. The third-order valence-electron chi connectivity index (χ3n) is 2.47. The van der Waals surface area contributed by atoms with E-state index in [-0.39, 0.29) is 0 Å². The molecule has 0 N–H and O–H groups in total. The molecule has 0 saturated heterocycles. The Balaban J connectivity index is 2.63. The van der Waals surface area contributed by atoms with Gasteiger partial charge in [-0.15, -0.1) is 0 Å². The number of rotatable bonds is 0. The molecule has 0 spiro atoms. The fourth-order valence-electron chi connectivity index (χ4n) is 1.81. The molecule has 1 heterocycles. The molecule has 16 heavy (non-hydrogen) atoms. The normalized spacial score (nSPS) is 11.4. The monoisotopic (exact) mass is 270 g/mol. The number of hydrogen-bond donors (Lipinski definition) is 0. The van der Waals surface area contributed by atoms with Crippen molar-refractivity contribution >= 4 is 56.7 Å². The quantitative estimate of drug-likeness (QED) is 0.523. The Bertz CT molecular complexity index is 700. The van der Waals surface area contributed by atoms with E-state index in [0.29, 0.717) is 26.2 Å². The molecule has 4 heteroatoms. The van der Waals surface area contributed by atoms with Gasteiger partial charge in [0.15, 0.2) is 5.58 Å². The van der Waals surface area contributed by atoms with Crippen LogP contribution in [0.25, 0.3) is 21.9 Å². The second-order valence-electron chi connectivity index (χ2n) is 3.48. The van der Waals surface area contributed by atoms with Crippen LogP contribution in [0.2, 0.25) is 15.1 Å². The van der Waals surface area contributed by atoms with Crippen molar-refractivity contribution in [3.63, 3.8) is 0 Å². The lowest BCUT2D eigenvalue weighted by Crippen LogP contribution is -1.71. The minimum absolute atomic E-state index is 0.495. The molecule has 80 valence electrons. The maximum Gasteiger partial charge on any atom is 0.154 e. The van der Waals surface area contributed by atoms with Crippen LogP contribution < -0.4 is 0 Å². The summed E-state index contributed by atoms with van der Waals surface area (Å²) < 4.78 is 5.64. The summed E-state index contributed by atoms with van der Waals surface area (Å²) in [6.45, 7) is 0. The van der Waals surface area contributed by atoms with E-state index in [1.807, 2.05) is 18.2 Å². The van der Waals surface area contributed by atoms with Gasteiger partial charge in [0.25, 0.3) is 0 Å². The van der Waals surface area contributed by atoms with Crippen molar-refractivity contribution in [1.29, 1.82) is 0 Å². The summed E-state index contributed by atoms with van der Waals surface area (Å²) in [4.78, 5) is 0. The molecule has 0 saturated carbocycles. The van der Waals surface area contributed by atoms with Gasteiger partial charge in [-0.1, -0.05) is 40.9 Å². The van der Waals surface area contributed by atoms with Crippen LogP contribution in [0.3, 0.4) is 0 Å². The number of benzene rings is 2. The fourth-order valence-corrected chi connectivity index (χ4v) is 2.61. The van der Waals surface area contributed by atoms with Crippen LogP contribution >= 0.6 is 34.8 Å². The molecule has 0 radical (unpaired) electrons. The standard InChI is InChI=1S/C12H5Cl3O/c13-6-4-7-11-8(14)2-1-3-10(11)16-12(7)9(15)5-6/h1-5H. The summed E-state index contributed by atoms with van der Waals surface area (Å²) in [5, 5.41) is 3.39. The second kappa shape index (κ2) is 3.56. The lowest BCUT2D eigenvalue weighted by molar-refractivity contribution is 0.669. The van der Waals surface area contributed by atoms with Crippen molar-refractivity contribution in [2.75, 3.05) is 0 Å². The van der Waals surface area contributed by atoms with E-state index in [4.69, 9.17) is 39.2 Å². The summed E-state index contributed by atoms with van der Waals surface area (Å²) in [6.07, 6.45) is 0. The number of hydrogen-bond acceptors (Lipinski definition) is 1. The highest BCUT2D eigenvalue weighted by molar-refractivity contribution is 6.41. The molecule has 0 bridgehead atoms. The van der Waals surface area contributed by atoms with E-state index in [1.165, 1.54) is 0 Å². The highest BCUT2D eigenvalue weighted by atomic mass is 35.5. The summed E-state index contributed by atoms with van der Waals surface area (Å²) in [6, 6.07) is 8.96. The van der Waals surface area contributed by atoms with Crippen molar-refractivity contribution in [3.05, 3.63) is 45.4 Å². The van der Waals surface area contributed by atoms with Gasteiger partial charge < -0.3 is 4.42 Å². The van der Waals surface area contributed by atoms with E-state index in [1.54, 1.807) is 12.1 Å². The van der Waals surface area contributed by atoms with Crippen LogP contribution in [0.4, 0.5) is 0 Å². The molecular weight excluding hydrogens is 266 g/mol. The summed E-state index contributed by atoms with van der Waals surface area (Å²) in [5.74, 6) is 0. The molecule has 1 aromatic heterocycles. The van der Waals surface area contributed by atoms with Gasteiger partial charge in [0.2, 0.25) is 0 Å². The number of furan rings is 1. The Labute approximate surface area is 106 Å². The zero-order chi connectivity index (χ0) is 11.3. The highest BCUT2D eigenvalue weighted by Gasteiger charge is 2.13. The van der Waals surface area contributed by atoms with Crippen LogP contribution in [-0.2, 0) is 0 Å². The third kappa shape index (κ3) is 1.40. The first-order chi connectivity index (χ1) is 7.66. The molecule has 0 fully saturated rings. The summed E-state index contributed by atoms with van der Waals surface area (Å²) in [5.41, 5.74) is 1.33. The van der Waals surface area contributed by atoms with Crippen molar-refractivity contribution in [1.82, 2.24) is 0 Å². The van der Waals surface area contributed by atoms with Gasteiger partial charge >= 0.3 is 0 Å². The molecule has 0 aliphatic heterocycles. The van der Waals surface area contributed by atoms with E-state index in [9.17, 15) is 0 Å². The van der Waals surface area contributed by atoms with E-state index in [0.717, 1.165) is 10.8 Å². The van der Waals surface area contributed by atoms with Gasteiger partial charge in [-0.25, -0.2) is 0 Å². The Kier molecular flexibility index (Phi) is 2.28. The molecule has 0 aliphatic carbocycles. The molecule has 1 nitrogen and oxygen atoms in total. The molecule has 0 aliphatic rings. The maximum absolute atomic E-state index is 6.14. The van der Waals surface area contributed by atoms with Crippen LogP contribution in [0.1, 0.15) is 0 Å². The topological polar surface area (TPSA) is 13.1 Å².